The van der Waals surface area contributed by atoms with E-state index < -0.39 is 0 Å². The van der Waals surface area contributed by atoms with Crippen molar-refractivity contribution in [1.29, 1.82) is 0 Å². The average molecular weight is 279 g/mol. The van der Waals surface area contributed by atoms with E-state index in [1.165, 1.54) is 43.2 Å². The summed E-state index contributed by atoms with van der Waals surface area (Å²) in [5.41, 5.74) is 8.83. The molecule has 0 spiro atoms. The van der Waals surface area contributed by atoms with Crippen LogP contribution in [-0.4, -0.2) is 18.1 Å². The SMILES string of the molecule is COc1ccc(C(N)CSC2CCCCC2)c(C)c1. The van der Waals surface area contributed by atoms with Crippen LogP contribution in [0.1, 0.15) is 49.3 Å². The van der Waals surface area contributed by atoms with Gasteiger partial charge in [0.15, 0.2) is 0 Å². The van der Waals surface area contributed by atoms with Crippen molar-refractivity contribution >= 4 is 11.8 Å². The van der Waals surface area contributed by atoms with E-state index in [4.69, 9.17) is 10.5 Å². The molecule has 1 fully saturated rings. The maximum absolute atomic E-state index is 6.34. The molecular weight excluding hydrogens is 254 g/mol. The molecule has 2 rings (SSSR count). The summed E-state index contributed by atoms with van der Waals surface area (Å²) in [6, 6.07) is 6.33. The number of rotatable bonds is 5. The average Bonchev–Trinajstić information content (AvgIpc) is 2.45. The Morgan fingerprint density at radius 2 is 2.05 bits per heavy atom. The number of nitrogens with two attached hydrogens (primary N) is 1. The summed E-state index contributed by atoms with van der Waals surface area (Å²) in [4.78, 5) is 0. The fourth-order valence-electron chi connectivity index (χ4n) is 2.75. The predicted octanol–water partition coefficient (Wildman–Crippen LogP) is 4.07. The van der Waals surface area contributed by atoms with Gasteiger partial charge in [-0.2, -0.15) is 11.8 Å². The lowest BCUT2D eigenvalue weighted by molar-refractivity contribution is 0.414. The van der Waals surface area contributed by atoms with Crippen LogP contribution in [0.4, 0.5) is 0 Å². The van der Waals surface area contributed by atoms with Crippen LogP contribution in [0.2, 0.25) is 0 Å². The van der Waals surface area contributed by atoms with Crippen molar-refractivity contribution in [1.82, 2.24) is 0 Å². The summed E-state index contributed by atoms with van der Waals surface area (Å²) in [5.74, 6) is 1.94. The zero-order chi connectivity index (χ0) is 13.7. The predicted molar refractivity (Wildman–Crippen MR) is 84.0 cm³/mol. The molecule has 0 heterocycles. The topological polar surface area (TPSA) is 35.2 Å². The largest absolute Gasteiger partial charge is 0.497 e. The second kappa shape index (κ2) is 7.20. The lowest BCUT2D eigenvalue weighted by Crippen LogP contribution is -2.17. The smallest absolute Gasteiger partial charge is 0.119 e. The highest BCUT2D eigenvalue weighted by Crippen LogP contribution is 2.31. The molecule has 1 saturated carbocycles. The summed E-state index contributed by atoms with van der Waals surface area (Å²) in [7, 11) is 1.70. The standard InChI is InChI=1S/C16H25NOS/c1-12-10-13(18-2)8-9-15(12)16(17)11-19-14-6-4-3-5-7-14/h8-10,14,16H,3-7,11,17H2,1-2H3. The fraction of sp³-hybridized carbons (Fsp3) is 0.625. The van der Waals surface area contributed by atoms with Gasteiger partial charge in [0.05, 0.1) is 7.11 Å². The van der Waals surface area contributed by atoms with Crippen LogP contribution in [0.3, 0.4) is 0 Å². The van der Waals surface area contributed by atoms with E-state index in [-0.39, 0.29) is 6.04 Å². The van der Waals surface area contributed by atoms with Crippen molar-refractivity contribution < 1.29 is 4.74 Å². The van der Waals surface area contributed by atoms with Crippen LogP contribution in [0.15, 0.2) is 18.2 Å². The summed E-state index contributed by atoms with van der Waals surface area (Å²) in [6.07, 6.45) is 6.96. The van der Waals surface area contributed by atoms with Crippen molar-refractivity contribution in [2.75, 3.05) is 12.9 Å². The second-order valence-corrected chi connectivity index (χ2v) is 6.76. The van der Waals surface area contributed by atoms with E-state index in [0.29, 0.717) is 0 Å². The molecule has 0 aliphatic heterocycles. The summed E-state index contributed by atoms with van der Waals surface area (Å²) >= 11 is 2.06. The number of ether oxygens (including phenoxy) is 1. The normalized spacial score (nSPS) is 18.3. The minimum Gasteiger partial charge on any atom is -0.497 e. The van der Waals surface area contributed by atoms with Crippen LogP contribution < -0.4 is 10.5 Å². The van der Waals surface area contributed by atoms with Gasteiger partial charge in [-0.3, -0.25) is 0 Å². The van der Waals surface area contributed by atoms with Gasteiger partial charge in [0.2, 0.25) is 0 Å². The molecular formula is C16H25NOS. The lowest BCUT2D eigenvalue weighted by atomic mass is 10.0. The first-order chi connectivity index (χ1) is 9.20. The fourth-order valence-corrected chi connectivity index (χ4v) is 4.08. The number of aryl methyl sites for hydroxylation is 1. The quantitative estimate of drug-likeness (QED) is 0.882. The Balaban J connectivity index is 1.89. The monoisotopic (exact) mass is 279 g/mol. The number of hydrogen-bond acceptors (Lipinski definition) is 3. The number of benzene rings is 1. The van der Waals surface area contributed by atoms with Crippen molar-refractivity contribution in [2.24, 2.45) is 5.73 Å². The maximum Gasteiger partial charge on any atom is 0.119 e. The van der Waals surface area contributed by atoms with Crippen LogP contribution in [-0.2, 0) is 0 Å². The molecule has 1 unspecified atom stereocenters. The van der Waals surface area contributed by atoms with Gasteiger partial charge in [0.1, 0.15) is 5.75 Å². The van der Waals surface area contributed by atoms with E-state index in [1.807, 2.05) is 6.07 Å². The van der Waals surface area contributed by atoms with Gasteiger partial charge in [0.25, 0.3) is 0 Å². The molecule has 0 bridgehead atoms. The number of methoxy groups -OCH3 is 1. The number of thioether (sulfide) groups is 1. The zero-order valence-corrected chi connectivity index (χ0v) is 12.8. The van der Waals surface area contributed by atoms with Crippen molar-refractivity contribution in [2.45, 2.75) is 50.3 Å². The molecule has 1 aliphatic rings. The van der Waals surface area contributed by atoms with Gasteiger partial charge in [-0.05, 0) is 43.0 Å². The van der Waals surface area contributed by atoms with E-state index in [9.17, 15) is 0 Å². The first-order valence-corrected chi connectivity index (χ1v) is 8.27. The van der Waals surface area contributed by atoms with Crippen LogP contribution in [0.5, 0.6) is 5.75 Å². The third kappa shape index (κ3) is 4.15. The van der Waals surface area contributed by atoms with E-state index in [2.05, 4.69) is 30.8 Å². The lowest BCUT2D eigenvalue weighted by Gasteiger charge is -2.23. The third-order valence-electron chi connectivity index (χ3n) is 3.94. The van der Waals surface area contributed by atoms with Crippen LogP contribution in [0, 0.1) is 6.92 Å². The molecule has 1 aliphatic carbocycles. The first kappa shape index (κ1) is 14.7. The van der Waals surface area contributed by atoms with Crippen molar-refractivity contribution in [3.8, 4) is 5.75 Å². The van der Waals surface area contributed by atoms with Crippen LogP contribution in [0.25, 0.3) is 0 Å². The Bertz CT molecular complexity index is 402. The van der Waals surface area contributed by atoms with Gasteiger partial charge in [-0.25, -0.2) is 0 Å². The second-order valence-electron chi connectivity index (χ2n) is 5.42. The molecule has 1 atom stereocenters. The Hall–Kier alpha value is -0.670. The molecule has 19 heavy (non-hydrogen) atoms. The third-order valence-corrected chi connectivity index (χ3v) is 5.43. The van der Waals surface area contributed by atoms with Gasteiger partial charge < -0.3 is 10.5 Å². The van der Waals surface area contributed by atoms with E-state index in [1.54, 1.807) is 7.11 Å². The zero-order valence-electron chi connectivity index (χ0n) is 12.0. The first-order valence-electron chi connectivity index (χ1n) is 7.22. The Labute approximate surface area is 121 Å². The van der Waals surface area contributed by atoms with Gasteiger partial charge in [-0.1, -0.05) is 25.3 Å². The molecule has 0 aromatic heterocycles. The van der Waals surface area contributed by atoms with E-state index in [0.717, 1.165) is 16.8 Å². The van der Waals surface area contributed by atoms with Gasteiger partial charge in [-0.15, -0.1) is 0 Å². The minimum atomic E-state index is 0.137. The van der Waals surface area contributed by atoms with Crippen molar-refractivity contribution in [3.05, 3.63) is 29.3 Å². The van der Waals surface area contributed by atoms with Crippen molar-refractivity contribution in [3.63, 3.8) is 0 Å². The van der Waals surface area contributed by atoms with E-state index >= 15 is 0 Å². The molecule has 1 aromatic rings. The summed E-state index contributed by atoms with van der Waals surface area (Å²) in [6.45, 7) is 2.11. The molecule has 1 aromatic carbocycles. The summed E-state index contributed by atoms with van der Waals surface area (Å²) < 4.78 is 5.24. The molecule has 0 amide bonds. The van der Waals surface area contributed by atoms with Gasteiger partial charge >= 0.3 is 0 Å². The highest BCUT2D eigenvalue weighted by molar-refractivity contribution is 7.99. The highest BCUT2D eigenvalue weighted by atomic mass is 32.2. The Morgan fingerprint density at radius 3 is 2.68 bits per heavy atom. The Kier molecular flexibility index (Phi) is 5.59. The summed E-state index contributed by atoms with van der Waals surface area (Å²) in [5, 5.41) is 0.832. The highest BCUT2D eigenvalue weighted by Gasteiger charge is 2.16. The Morgan fingerprint density at radius 1 is 1.32 bits per heavy atom. The maximum atomic E-state index is 6.34. The number of hydrogen-bond donors (Lipinski definition) is 1. The minimum absolute atomic E-state index is 0.137. The molecule has 2 nitrogen and oxygen atoms in total. The molecule has 0 saturated heterocycles. The van der Waals surface area contributed by atoms with Gasteiger partial charge in [0, 0.05) is 17.0 Å². The molecule has 106 valence electrons. The molecule has 0 radical (unpaired) electrons. The molecule has 2 N–H and O–H groups in total. The molecule has 3 heteroatoms. The van der Waals surface area contributed by atoms with Crippen LogP contribution >= 0.6 is 11.8 Å².